The molecule has 0 fully saturated rings. The number of cyclic esters (lactones) is 1. The van der Waals surface area contributed by atoms with E-state index < -0.39 is 5.97 Å². The average Bonchev–Trinajstić information content (AvgIpc) is 2.85. The van der Waals surface area contributed by atoms with Gasteiger partial charge in [-0.2, -0.15) is 0 Å². The third-order valence-electron chi connectivity index (χ3n) is 5.30. The maximum Gasteiger partial charge on any atom is 0.342 e. The third-order valence-corrected chi connectivity index (χ3v) is 5.30. The summed E-state index contributed by atoms with van der Waals surface area (Å²) in [6, 6.07) is 6.43. The number of carbonyl (C=O) groups is 3. The molecule has 2 heterocycles. The number of hydrogen-bond acceptors (Lipinski definition) is 7. The van der Waals surface area contributed by atoms with Gasteiger partial charge in [-0.05, 0) is 49.1 Å². The number of nitrogens with zero attached hydrogens (tertiary/aromatic N) is 1. The zero-order valence-corrected chi connectivity index (χ0v) is 19.7. The molecule has 0 unspecified atom stereocenters. The summed E-state index contributed by atoms with van der Waals surface area (Å²) in [6.45, 7) is 2.64. The van der Waals surface area contributed by atoms with Gasteiger partial charge in [-0.25, -0.2) is 4.79 Å². The second-order valence-corrected chi connectivity index (χ2v) is 8.30. The topological polar surface area (TPSA) is 115 Å². The van der Waals surface area contributed by atoms with Crippen molar-refractivity contribution in [2.45, 2.75) is 32.6 Å². The number of ketones is 1. The predicted molar refractivity (Wildman–Crippen MR) is 131 cm³/mol. The highest BCUT2D eigenvalue weighted by atomic mass is 16.5. The molecule has 1 aromatic heterocycles. The number of benzene rings is 1. The molecule has 1 atom stereocenters. The minimum Gasteiger partial charge on any atom is -0.507 e. The SMILES string of the molecule is C[C@@H]1/C=C\C(=O)CCC/C=C/c2cc(OCCCNC(=O)c3cccnc3)cc(O)c2C(=O)OC1. The fraction of sp³-hybridized carbons (Fsp3) is 0.333. The number of phenolic OH excluding ortho intramolecular Hbond substituents is 1. The summed E-state index contributed by atoms with van der Waals surface area (Å²) in [5.41, 5.74) is 1.03. The first-order valence-electron chi connectivity index (χ1n) is 11.7. The standard InChI is InChI=1S/C27H30N2O6/c1-19-10-11-22(30)9-4-2-3-7-20-15-23(16-24(31)25(20)27(33)35-18-19)34-14-6-13-29-26(32)21-8-5-12-28-17-21/h3,5,7-8,10-12,15-17,19,31H,2,4,6,9,13-14,18H2,1H3,(H,29,32)/b7-3+,11-10-/t19-/m1/s1. The van der Waals surface area contributed by atoms with Crippen LogP contribution >= 0.6 is 0 Å². The van der Waals surface area contributed by atoms with Gasteiger partial charge in [0.1, 0.15) is 17.1 Å². The van der Waals surface area contributed by atoms with E-state index in [9.17, 15) is 19.5 Å². The summed E-state index contributed by atoms with van der Waals surface area (Å²) in [5, 5.41) is 13.4. The molecule has 1 aromatic carbocycles. The lowest BCUT2D eigenvalue weighted by Gasteiger charge is -2.14. The molecule has 0 bridgehead atoms. The number of fused-ring (bicyclic) bond motifs is 1. The van der Waals surface area contributed by atoms with Crippen molar-refractivity contribution in [3.05, 3.63) is 71.6 Å². The zero-order valence-electron chi connectivity index (χ0n) is 19.7. The molecule has 0 radical (unpaired) electrons. The van der Waals surface area contributed by atoms with Crippen LogP contribution in [0.5, 0.6) is 11.5 Å². The molecule has 2 aromatic rings. The lowest BCUT2D eigenvalue weighted by Crippen LogP contribution is -2.25. The Bertz CT molecular complexity index is 1090. The predicted octanol–water partition coefficient (Wildman–Crippen LogP) is 4.10. The molecule has 35 heavy (non-hydrogen) atoms. The summed E-state index contributed by atoms with van der Waals surface area (Å²) >= 11 is 0. The first-order valence-corrected chi connectivity index (χ1v) is 11.7. The normalized spacial score (nSPS) is 18.5. The van der Waals surface area contributed by atoms with Gasteiger partial charge in [0, 0.05) is 37.3 Å². The summed E-state index contributed by atoms with van der Waals surface area (Å²) in [7, 11) is 0. The van der Waals surface area contributed by atoms with Crippen LogP contribution < -0.4 is 10.1 Å². The summed E-state index contributed by atoms with van der Waals surface area (Å²) in [5.74, 6) is -0.785. The van der Waals surface area contributed by atoms with Crippen molar-refractivity contribution in [1.29, 1.82) is 0 Å². The van der Waals surface area contributed by atoms with E-state index in [0.717, 1.165) is 0 Å². The molecule has 8 nitrogen and oxygen atoms in total. The van der Waals surface area contributed by atoms with Crippen molar-refractivity contribution in [2.75, 3.05) is 19.8 Å². The fourth-order valence-electron chi connectivity index (χ4n) is 3.42. The Morgan fingerprint density at radius 3 is 2.94 bits per heavy atom. The van der Waals surface area contributed by atoms with Crippen LogP contribution in [-0.4, -0.2) is 47.5 Å². The number of rotatable bonds is 6. The van der Waals surface area contributed by atoms with E-state index in [1.807, 2.05) is 13.0 Å². The maximum absolute atomic E-state index is 12.7. The Kier molecular flexibility index (Phi) is 9.59. The van der Waals surface area contributed by atoms with Gasteiger partial charge in [-0.15, -0.1) is 0 Å². The molecular formula is C27H30N2O6. The van der Waals surface area contributed by atoms with E-state index >= 15 is 0 Å². The molecular weight excluding hydrogens is 448 g/mol. The van der Waals surface area contributed by atoms with Gasteiger partial charge in [0.15, 0.2) is 5.78 Å². The van der Waals surface area contributed by atoms with Crippen LogP contribution in [0.1, 0.15) is 58.9 Å². The number of esters is 1. The van der Waals surface area contributed by atoms with Gasteiger partial charge < -0.3 is 19.9 Å². The average molecular weight is 479 g/mol. The Morgan fingerprint density at radius 1 is 1.29 bits per heavy atom. The molecule has 0 saturated carbocycles. The number of nitrogens with one attached hydrogen (secondary N) is 1. The largest absolute Gasteiger partial charge is 0.507 e. The van der Waals surface area contributed by atoms with Gasteiger partial charge in [-0.3, -0.25) is 14.6 Å². The number of aromatic hydroxyl groups is 1. The molecule has 3 rings (SSSR count). The monoisotopic (exact) mass is 478 g/mol. The summed E-state index contributed by atoms with van der Waals surface area (Å²) in [4.78, 5) is 40.6. The van der Waals surface area contributed by atoms with E-state index in [4.69, 9.17) is 9.47 Å². The number of pyridine rings is 1. The van der Waals surface area contributed by atoms with Crippen molar-refractivity contribution in [1.82, 2.24) is 10.3 Å². The van der Waals surface area contributed by atoms with Crippen molar-refractivity contribution in [3.8, 4) is 11.5 Å². The van der Waals surface area contributed by atoms with E-state index in [0.29, 0.717) is 55.7 Å². The second-order valence-electron chi connectivity index (χ2n) is 8.30. The molecule has 1 aliphatic rings. The molecule has 2 N–H and O–H groups in total. The molecule has 184 valence electrons. The van der Waals surface area contributed by atoms with E-state index in [1.165, 1.54) is 18.3 Å². The van der Waals surface area contributed by atoms with Crippen LogP contribution in [0.2, 0.25) is 0 Å². The maximum atomic E-state index is 12.7. The second kappa shape index (κ2) is 13.1. The van der Waals surface area contributed by atoms with Crippen molar-refractivity contribution >= 4 is 23.7 Å². The first kappa shape index (κ1) is 25.7. The summed E-state index contributed by atoms with van der Waals surface area (Å²) < 4.78 is 11.1. The van der Waals surface area contributed by atoms with Crippen LogP contribution in [0, 0.1) is 5.92 Å². The Labute approximate surface area is 204 Å². The third kappa shape index (κ3) is 8.10. The van der Waals surface area contributed by atoms with Gasteiger partial charge in [-0.1, -0.05) is 25.2 Å². The number of amides is 1. The highest BCUT2D eigenvalue weighted by Crippen LogP contribution is 2.30. The van der Waals surface area contributed by atoms with Gasteiger partial charge in [0.25, 0.3) is 5.91 Å². The first-order chi connectivity index (χ1) is 16.9. The molecule has 0 saturated heterocycles. The van der Waals surface area contributed by atoms with Crippen LogP contribution in [0.15, 0.2) is 54.9 Å². The number of allylic oxidation sites excluding steroid dienone is 2. The fourth-order valence-corrected chi connectivity index (χ4v) is 3.42. The number of ether oxygens (including phenoxy) is 2. The minimum atomic E-state index is -0.643. The summed E-state index contributed by atoms with van der Waals surface area (Å²) in [6.07, 6.45) is 12.3. The van der Waals surface area contributed by atoms with Gasteiger partial charge >= 0.3 is 5.97 Å². The molecule has 1 aliphatic heterocycles. The lowest BCUT2D eigenvalue weighted by atomic mass is 10.0. The molecule has 0 spiro atoms. The number of carbonyl (C=O) groups excluding carboxylic acids is 3. The highest BCUT2D eigenvalue weighted by molar-refractivity contribution is 5.97. The van der Waals surface area contributed by atoms with Crippen LogP contribution in [0.25, 0.3) is 6.08 Å². The van der Waals surface area contributed by atoms with E-state index in [-0.39, 0.29) is 35.5 Å². The number of hydrogen-bond donors (Lipinski definition) is 2. The zero-order chi connectivity index (χ0) is 25.0. The van der Waals surface area contributed by atoms with Crippen molar-refractivity contribution in [2.24, 2.45) is 5.92 Å². The number of aromatic nitrogens is 1. The van der Waals surface area contributed by atoms with Crippen LogP contribution in [0.4, 0.5) is 0 Å². The quantitative estimate of drug-likeness (QED) is 0.474. The Hall–Kier alpha value is -3.94. The van der Waals surface area contributed by atoms with Crippen LogP contribution in [0.3, 0.4) is 0 Å². The van der Waals surface area contributed by atoms with Crippen molar-refractivity contribution in [3.63, 3.8) is 0 Å². The lowest BCUT2D eigenvalue weighted by molar-refractivity contribution is -0.114. The molecule has 1 amide bonds. The van der Waals surface area contributed by atoms with E-state index in [1.54, 1.807) is 36.5 Å². The Morgan fingerprint density at radius 2 is 2.14 bits per heavy atom. The van der Waals surface area contributed by atoms with Gasteiger partial charge in [0.2, 0.25) is 0 Å². The smallest absolute Gasteiger partial charge is 0.342 e. The molecule has 0 aliphatic carbocycles. The highest BCUT2D eigenvalue weighted by Gasteiger charge is 2.19. The molecule has 8 heteroatoms. The van der Waals surface area contributed by atoms with Crippen LogP contribution in [-0.2, 0) is 9.53 Å². The van der Waals surface area contributed by atoms with Crippen molar-refractivity contribution < 1.29 is 29.0 Å². The number of phenols is 1. The van der Waals surface area contributed by atoms with E-state index in [2.05, 4.69) is 10.3 Å². The Balaban J connectivity index is 1.63. The minimum absolute atomic E-state index is 0.0407. The van der Waals surface area contributed by atoms with Gasteiger partial charge in [0.05, 0.1) is 18.8 Å².